The molecule has 2 heteroatoms. The van der Waals surface area contributed by atoms with Crippen LogP contribution < -0.4 is 5.73 Å². The summed E-state index contributed by atoms with van der Waals surface area (Å²) < 4.78 is 5.14. The fourth-order valence-electron chi connectivity index (χ4n) is 0.595. The van der Waals surface area contributed by atoms with Gasteiger partial charge in [-0.1, -0.05) is 0 Å². The van der Waals surface area contributed by atoms with Crippen molar-refractivity contribution >= 4 is 0 Å². The molecule has 0 aromatic carbocycles. The molecule has 2 nitrogen and oxygen atoms in total. The summed E-state index contributed by atoms with van der Waals surface area (Å²) in [6.45, 7) is 2.80. The van der Waals surface area contributed by atoms with Gasteiger partial charge in [0.25, 0.3) is 0 Å². The third kappa shape index (κ3) is 1.14. The number of rotatable bonds is 2. The zero-order valence-corrected chi connectivity index (χ0v) is 4.55. The number of ether oxygens (including phenoxy) is 1. The molecular weight excluding hydrogens is 90.1 g/mol. The van der Waals surface area contributed by atoms with Crippen LogP contribution in [0.1, 0.15) is 13.3 Å². The van der Waals surface area contributed by atoms with Crippen molar-refractivity contribution in [3.63, 3.8) is 0 Å². The molecule has 0 aromatic rings. The second-order valence-electron chi connectivity index (χ2n) is 1.89. The van der Waals surface area contributed by atoms with Gasteiger partial charge in [-0.15, -0.1) is 0 Å². The number of nitrogens with two attached hydrogens (primary N) is 1. The van der Waals surface area contributed by atoms with Crippen LogP contribution in [0.5, 0.6) is 0 Å². The molecule has 42 valence electrons. The highest BCUT2D eigenvalue weighted by molar-refractivity contribution is 4.91. The average Bonchev–Trinajstić information content (AvgIpc) is 2.22. The van der Waals surface area contributed by atoms with Gasteiger partial charge in [-0.2, -0.15) is 0 Å². The fraction of sp³-hybridized carbons (Fsp3) is 1.00. The quantitative estimate of drug-likeness (QED) is 0.536. The lowest BCUT2D eigenvalue weighted by Crippen LogP contribution is -2.07. The summed E-state index contributed by atoms with van der Waals surface area (Å²) in [5.41, 5.74) is 5.43. The van der Waals surface area contributed by atoms with Crippen molar-refractivity contribution in [1.29, 1.82) is 0 Å². The molecule has 7 heavy (non-hydrogen) atoms. The van der Waals surface area contributed by atoms with Crippen LogP contribution in [0.25, 0.3) is 0 Å². The van der Waals surface area contributed by atoms with Crippen molar-refractivity contribution in [1.82, 2.24) is 0 Å². The summed E-state index contributed by atoms with van der Waals surface area (Å²) in [6.07, 6.45) is 1.46. The van der Waals surface area contributed by atoms with E-state index in [-0.39, 0.29) is 0 Å². The Morgan fingerprint density at radius 1 is 1.86 bits per heavy atom. The minimum absolute atomic E-state index is 0.347. The van der Waals surface area contributed by atoms with E-state index in [0.717, 1.165) is 13.0 Å². The fourth-order valence-corrected chi connectivity index (χ4v) is 0.595. The van der Waals surface area contributed by atoms with Gasteiger partial charge in [0.15, 0.2) is 0 Å². The van der Waals surface area contributed by atoms with Crippen molar-refractivity contribution in [3.05, 3.63) is 0 Å². The number of hydrogen-bond acceptors (Lipinski definition) is 2. The molecule has 0 aliphatic heterocycles. The van der Waals surface area contributed by atoms with Crippen LogP contribution >= 0.6 is 0 Å². The van der Waals surface area contributed by atoms with E-state index in [2.05, 4.69) is 0 Å². The Morgan fingerprint density at radius 3 is 2.57 bits per heavy atom. The maximum atomic E-state index is 5.43. The molecule has 0 amide bonds. The first kappa shape index (κ1) is 5.06. The van der Waals surface area contributed by atoms with Crippen molar-refractivity contribution in [2.24, 2.45) is 5.73 Å². The lowest BCUT2D eigenvalue weighted by atomic mass is 10.7. The van der Waals surface area contributed by atoms with E-state index in [0.29, 0.717) is 12.1 Å². The summed E-state index contributed by atoms with van der Waals surface area (Å²) in [5.74, 6) is 0. The Hall–Kier alpha value is -0.0800. The summed E-state index contributed by atoms with van der Waals surface area (Å²) in [6, 6.07) is 0.347. The maximum Gasteiger partial charge on any atom is 0.0742 e. The minimum atomic E-state index is 0.347. The predicted molar refractivity (Wildman–Crippen MR) is 28.0 cm³/mol. The molecule has 0 heterocycles. The zero-order chi connectivity index (χ0) is 5.28. The molecule has 1 fully saturated rings. The highest BCUT2D eigenvalue weighted by Gasteiger charge is 2.33. The molecule has 1 saturated carbocycles. The molecule has 0 aromatic heterocycles. The molecule has 1 aliphatic rings. The van der Waals surface area contributed by atoms with E-state index in [1.165, 1.54) is 0 Å². The van der Waals surface area contributed by atoms with Crippen LogP contribution in [0.4, 0.5) is 0 Å². The first-order valence-electron chi connectivity index (χ1n) is 2.71. The zero-order valence-electron chi connectivity index (χ0n) is 4.55. The molecular formula is C5H11NO. The van der Waals surface area contributed by atoms with E-state index in [1.54, 1.807) is 0 Å². The van der Waals surface area contributed by atoms with Crippen LogP contribution in [0, 0.1) is 0 Å². The second-order valence-corrected chi connectivity index (χ2v) is 1.89. The predicted octanol–water partition coefficient (Wildman–Crippen LogP) is 0.123. The summed E-state index contributed by atoms with van der Waals surface area (Å²) >= 11 is 0. The van der Waals surface area contributed by atoms with E-state index in [1.807, 2.05) is 6.92 Å². The molecule has 1 rings (SSSR count). The summed E-state index contributed by atoms with van der Waals surface area (Å²) in [5, 5.41) is 0. The van der Waals surface area contributed by atoms with Gasteiger partial charge < -0.3 is 10.5 Å². The van der Waals surface area contributed by atoms with Gasteiger partial charge in [0.2, 0.25) is 0 Å². The van der Waals surface area contributed by atoms with Crippen LogP contribution in [0.3, 0.4) is 0 Å². The van der Waals surface area contributed by atoms with Gasteiger partial charge in [0.1, 0.15) is 0 Å². The monoisotopic (exact) mass is 101 g/mol. The molecule has 1 aliphatic carbocycles. The number of hydrogen-bond donors (Lipinski definition) is 1. The second kappa shape index (κ2) is 1.80. The Kier molecular flexibility index (Phi) is 1.30. The Morgan fingerprint density at radius 2 is 2.43 bits per heavy atom. The third-order valence-electron chi connectivity index (χ3n) is 1.16. The molecule has 2 N–H and O–H groups in total. The van der Waals surface area contributed by atoms with E-state index >= 15 is 0 Å². The molecule has 2 atom stereocenters. The Labute approximate surface area is 43.6 Å². The highest BCUT2D eigenvalue weighted by Crippen LogP contribution is 2.21. The van der Waals surface area contributed by atoms with Gasteiger partial charge >= 0.3 is 0 Å². The smallest absolute Gasteiger partial charge is 0.0742 e. The van der Waals surface area contributed by atoms with Crippen molar-refractivity contribution < 1.29 is 4.74 Å². The van der Waals surface area contributed by atoms with Crippen LogP contribution in [-0.2, 0) is 4.74 Å². The standard InChI is InChI=1S/C5H11NO/c1-2-7-5-3-4(5)6/h4-5H,2-3,6H2,1H3/t4-,5+/m0/s1. The van der Waals surface area contributed by atoms with Crippen LogP contribution in [0.2, 0.25) is 0 Å². The van der Waals surface area contributed by atoms with Crippen molar-refractivity contribution in [3.8, 4) is 0 Å². The van der Waals surface area contributed by atoms with Crippen molar-refractivity contribution in [2.75, 3.05) is 6.61 Å². The Balaban J connectivity index is 1.98. The van der Waals surface area contributed by atoms with Crippen LogP contribution in [-0.4, -0.2) is 18.8 Å². The normalized spacial score (nSPS) is 38.6. The SMILES string of the molecule is CCO[C@@H]1C[C@@H]1N. The van der Waals surface area contributed by atoms with Crippen LogP contribution in [0.15, 0.2) is 0 Å². The average molecular weight is 101 g/mol. The van der Waals surface area contributed by atoms with Gasteiger partial charge in [0, 0.05) is 12.6 Å². The van der Waals surface area contributed by atoms with Gasteiger partial charge in [-0.25, -0.2) is 0 Å². The topological polar surface area (TPSA) is 35.2 Å². The van der Waals surface area contributed by atoms with Gasteiger partial charge in [-0.3, -0.25) is 0 Å². The highest BCUT2D eigenvalue weighted by atomic mass is 16.5. The van der Waals surface area contributed by atoms with Gasteiger partial charge in [-0.05, 0) is 13.3 Å². The van der Waals surface area contributed by atoms with Crippen molar-refractivity contribution in [2.45, 2.75) is 25.5 Å². The lowest BCUT2D eigenvalue weighted by molar-refractivity contribution is 0.129. The first-order chi connectivity index (χ1) is 3.34. The van der Waals surface area contributed by atoms with E-state index in [9.17, 15) is 0 Å². The summed E-state index contributed by atoms with van der Waals surface area (Å²) in [7, 11) is 0. The largest absolute Gasteiger partial charge is 0.377 e. The Bertz CT molecular complexity index is 65.1. The maximum absolute atomic E-state index is 5.43. The molecule has 0 spiro atoms. The lowest BCUT2D eigenvalue weighted by Gasteiger charge is -1.92. The third-order valence-corrected chi connectivity index (χ3v) is 1.16. The molecule has 0 radical (unpaired) electrons. The molecule has 0 bridgehead atoms. The van der Waals surface area contributed by atoms with Gasteiger partial charge in [0.05, 0.1) is 6.10 Å². The first-order valence-corrected chi connectivity index (χ1v) is 2.71. The van der Waals surface area contributed by atoms with E-state index in [4.69, 9.17) is 10.5 Å². The summed E-state index contributed by atoms with van der Waals surface area (Å²) in [4.78, 5) is 0. The van der Waals surface area contributed by atoms with E-state index < -0.39 is 0 Å². The minimum Gasteiger partial charge on any atom is -0.377 e. The molecule has 0 unspecified atom stereocenters. The molecule has 0 saturated heterocycles.